The fraction of sp³-hybridized carbons (Fsp3) is 0.400. The minimum Gasteiger partial charge on any atom is -0.345 e. The van der Waals surface area contributed by atoms with E-state index in [1.165, 1.54) is 12.8 Å². The van der Waals surface area contributed by atoms with Gasteiger partial charge >= 0.3 is 0 Å². The van der Waals surface area contributed by atoms with Crippen LogP contribution in [0, 0.1) is 0 Å². The van der Waals surface area contributed by atoms with Crippen molar-refractivity contribution in [2.24, 2.45) is 0 Å². The van der Waals surface area contributed by atoms with Crippen LogP contribution in [0.2, 0.25) is 0 Å². The van der Waals surface area contributed by atoms with Crippen molar-refractivity contribution in [2.45, 2.75) is 38.1 Å². The Kier molecular flexibility index (Phi) is 4.34. The molecule has 0 atom stereocenters. The van der Waals surface area contributed by atoms with Crippen molar-refractivity contribution >= 4 is 21.8 Å². The molecule has 1 N–H and O–H groups in total. The summed E-state index contributed by atoms with van der Waals surface area (Å²) in [6, 6.07) is 7.29. The summed E-state index contributed by atoms with van der Waals surface area (Å²) in [5.41, 5.74) is 0.594. The molecular formula is C15H16BrN3O2. The number of rotatable bonds is 4. The highest BCUT2D eigenvalue weighted by Gasteiger charge is 2.23. The molecule has 5 nitrogen and oxygen atoms in total. The number of nitrogens with zero attached hydrogens (tertiary/aromatic N) is 2. The zero-order valence-corrected chi connectivity index (χ0v) is 13.1. The summed E-state index contributed by atoms with van der Waals surface area (Å²) in [6.07, 6.45) is 4.68. The molecule has 1 aliphatic rings. The Morgan fingerprint density at radius 3 is 2.86 bits per heavy atom. The monoisotopic (exact) mass is 349 g/mol. The van der Waals surface area contributed by atoms with Crippen LogP contribution in [0.4, 0.5) is 0 Å². The normalized spacial score (nSPS) is 15.3. The van der Waals surface area contributed by atoms with Crippen molar-refractivity contribution in [3.05, 3.63) is 46.0 Å². The number of carbonyl (C=O) groups excluding carboxylic acids is 1. The lowest BCUT2D eigenvalue weighted by atomic mass is 10.1. The second-order valence-corrected chi connectivity index (χ2v) is 6.05. The molecule has 1 aromatic heterocycles. The molecule has 1 heterocycles. The van der Waals surface area contributed by atoms with Crippen molar-refractivity contribution in [2.75, 3.05) is 0 Å². The lowest BCUT2D eigenvalue weighted by molar-refractivity contribution is 0.0949. The lowest BCUT2D eigenvalue weighted by Gasteiger charge is -2.04. The van der Waals surface area contributed by atoms with Gasteiger partial charge in [0.05, 0.1) is 12.1 Å². The van der Waals surface area contributed by atoms with E-state index in [-0.39, 0.29) is 12.5 Å². The van der Waals surface area contributed by atoms with E-state index in [9.17, 15) is 4.79 Å². The van der Waals surface area contributed by atoms with E-state index in [2.05, 4.69) is 31.4 Å². The third-order valence-electron chi connectivity index (χ3n) is 3.71. The Hall–Kier alpha value is -1.69. The summed E-state index contributed by atoms with van der Waals surface area (Å²) in [4.78, 5) is 16.5. The maximum absolute atomic E-state index is 12.1. The Balaban J connectivity index is 1.60. The molecule has 1 saturated carbocycles. The number of nitrogens with one attached hydrogen (secondary N) is 1. The van der Waals surface area contributed by atoms with Gasteiger partial charge in [-0.1, -0.05) is 30.1 Å². The first-order valence-corrected chi connectivity index (χ1v) is 7.88. The van der Waals surface area contributed by atoms with Gasteiger partial charge in [-0.25, -0.2) is 0 Å². The number of aromatic nitrogens is 2. The molecule has 110 valence electrons. The van der Waals surface area contributed by atoms with Gasteiger partial charge in [0, 0.05) is 10.4 Å². The van der Waals surface area contributed by atoms with E-state index in [4.69, 9.17) is 4.52 Å². The predicted octanol–water partition coefficient (Wildman–Crippen LogP) is 3.42. The number of carbonyl (C=O) groups is 1. The largest absolute Gasteiger partial charge is 0.345 e. The van der Waals surface area contributed by atoms with Gasteiger partial charge in [-0.15, -0.1) is 0 Å². The van der Waals surface area contributed by atoms with Crippen LogP contribution >= 0.6 is 15.9 Å². The fourth-order valence-electron chi connectivity index (χ4n) is 2.58. The van der Waals surface area contributed by atoms with Crippen LogP contribution in [0.25, 0.3) is 0 Å². The molecule has 6 heteroatoms. The summed E-state index contributed by atoms with van der Waals surface area (Å²) in [5.74, 6) is 1.47. The first kappa shape index (κ1) is 14.3. The lowest BCUT2D eigenvalue weighted by Crippen LogP contribution is -2.23. The maximum atomic E-state index is 12.1. The molecule has 2 aromatic rings. The average molecular weight is 350 g/mol. The standard InChI is InChI=1S/C15H16BrN3O2/c16-12-8-4-3-7-11(12)14(20)17-9-13-18-15(21-19-13)10-5-1-2-6-10/h3-4,7-8,10H,1-2,5-6,9H2,(H,17,20). The van der Waals surface area contributed by atoms with Gasteiger partial charge in [-0.05, 0) is 40.9 Å². The molecule has 0 radical (unpaired) electrons. The summed E-state index contributed by atoms with van der Waals surface area (Å²) >= 11 is 3.36. The molecule has 1 aliphatic carbocycles. The number of halogens is 1. The van der Waals surface area contributed by atoms with Gasteiger partial charge in [0.2, 0.25) is 5.89 Å². The van der Waals surface area contributed by atoms with Crippen molar-refractivity contribution in [3.8, 4) is 0 Å². The van der Waals surface area contributed by atoms with E-state index in [1.807, 2.05) is 18.2 Å². The van der Waals surface area contributed by atoms with E-state index < -0.39 is 0 Å². The van der Waals surface area contributed by atoms with E-state index in [0.717, 1.165) is 17.3 Å². The molecule has 1 fully saturated rings. The quantitative estimate of drug-likeness (QED) is 0.918. The molecule has 1 aromatic carbocycles. The van der Waals surface area contributed by atoms with Crippen LogP contribution in [-0.4, -0.2) is 16.0 Å². The summed E-state index contributed by atoms with van der Waals surface area (Å²) < 4.78 is 6.05. The highest BCUT2D eigenvalue weighted by atomic mass is 79.9. The number of hydrogen-bond donors (Lipinski definition) is 1. The Morgan fingerprint density at radius 1 is 1.33 bits per heavy atom. The number of hydrogen-bond acceptors (Lipinski definition) is 4. The van der Waals surface area contributed by atoms with Gasteiger partial charge in [0.1, 0.15) is 0 Å². The molecule has 0 spiro atoms. The van der Waals surface area contributed by atoms with Crippen molar-refractivity contribution < 1.29 is 9.32 Å². The van der Waals surface area contributed by atoms with Crippen molar-refractivity contribution in [1.29, 1.82) is 0 Å². The third-order valence-corrected chi connectivity index (χ3v) is 4.41. The van der Waals surface area contributed by atoms with E-state index in [0.29, 0.717) is 23.2 Å². The highest BCUT2D eigenvalue weighted by Crippen LogP contribution is 2.32. The van der Waals surface area contributed by atoms with Crippen LogP contribution in [-0.2, 0) is 6.54 Å². The smallest absolute Gasteiger partial charge is 0.252 e. The number of amides is 1. The average Bonchev–Trinajstić information content (AvgIpc) is 3.16. The molecule has 0 saturated heterocycles. The Morgan fingerprint density at radius 2 is 2.10 bits per heavy atom. The Labute approximate surface area is 131 Å². The molecule has 1 amide bonds. The van der Waals surface area contributed by atoms with Gasteiger partial charge in [-0.3, -0.25) is 4.79 Å². The second kappa shape index (κ2) is 6.39. The predicted molar refractivity (Wildman–Crippen MR) is 80.8 cm³/mol. The van der Waals surface area contributed by atoms with E-state index in [1.54, 1.807) is 6.07 Å². The maximum Gasteiger partial charge on any atom is 0.252 e. The third kappa shape index (κ3) is 3.32. The van der Waals surface area contributed by atoms with Crippen LogP contribution in [0.5, 0.6) is 0 Å². The van der Waals surface area contributed by atoms with Gasteiger partial charge in [-0.2, -0.15) is 4.98 Å². The Bertz CT molecular complexity index is 635. The summed E-state index contributed by atoms with van der Waals surface area (Å²) in [5, 5.41) is 6.74. The topological polar surface area (TPSA) is 68.0 Å². The summed E-state index contributed by atoms with van der Waals surface area (Å²) in [6.45, 7) is 0.274. The van der Waals surface area contributed by atoms with E-state index >= 15 is 0 Å². The molecular weight excluding hydrogens is 334 g/mol. The molecule has 0 bridgehead atoms. The zero-order chi connectivity index (χ0) is 14.7. The first-order valence-electron chi connectivity index (χ1n) is 7.09. The van der Waals surface area contributed by atoms with Gasteiger partial charge in [0.15, 0.2) is 5.82 Å². The van der Waals surface area contributed by atoms with Crippen LogP contribution < -0.4 is 5.32 Å². The number of benzene rings is 1. The molecule has 0 aliphatic heterocycles. The van der Waals surface area contributed by atoms with Crippen molar-refractivity contribution in [3.63, 3.8) is 0 Å². The minimum absolute atomic E-state index is 0.158. The van der Waals surface area contributed by atoms with Crippen LogP contribution in [0.15, 0.2) is 33.3 Å². The first-order chi connectivity index (χ1) is 10.2. The molecule has 0 unspecified atom stereocenters. The fourth-order valence-corrected chi connectivity index (χ4v) is 3.04. The van der Waals surface area contributed by atoms with Crippen LogP contribution in [0.3, 0.4) is 0 Å². The molecule has 21 heavy (non-hydrogen) atoms. The molecule has 3 rings (SSSR count). The SMILES string of the molecule is O=C(NCc1noc(C2CCCC2)n1)c1ccccc1Br. The van der Waals surface area contributed by atoms with Crippen LogP contribution in [0.1, 0.15) is 53.7 Å². The van der Waals surface area contributed by atoms with Crippen molar-refractivity contribution in [1.82, 2.24) is 15.5 Å². The minimum atomic E-state index is -0.158. The second-order valence-electron chi connectivity index (χ2n) is 5.19. The highest BCUT2D eigenvalue weighted by molar-refractivity contribution is 9.10. The summed E-state index contributed by atoms with van der Waals surface area (Å²) in [7, 11) is 0. The van der Waals surface area contributed by atoms with Gasteiger partial charge < -0.3 is 9.84 Å². The zero-order valence-electron chi connectivity index (χ0n) is 11.5. The van der Waals surface area contributed by atoms with Gasteiger partial charge in [0.25, 0.3) is 5.91 Å².